The fourth-order valence-corrected chi connectivity index (χ4v) is 1.72. The average molecular weight is 278 g/mol. The summed E-state index contributed by atoms with van der Waals surface area (Å²) in [6.07, 6.45) is -0.489. The predicted molar refractivity (Wildman–Crippen MR) is 81.8 cm³/mol. The van der Waals surface area contributed by atoms with Gasteiger partial charge in [-0.1, -0.05) is 39.0 Å². The number of carbonyl (C=O) groups is 1. The lowest BCUT2D eigenvalue weighted by Crippen LogP contribution is -2.38. The minimum Gasteiger partial charge on any atom is -0.481 e. The molecule has 0 heterocycles. The third-order valence-electron chi connectivity index (χ3n) is 2.90. The van der Waals surface area contributed by atoms with Gasteiger partial charge >= 0.3 is 0 Å². The second-order valence-corrected chi connectivity index (χ2v) is 5.29. The van der Waals surface area contributed by atoms with Crippen LogP contribution in [0.2, 0.25) is 0 Å². The third-order valence-corrected chi connectivity index (χ3v) is 2.90. The van der Waals surface area contributed by atoms with Crippen molar-refractivity contribution >= 4 is 5.91 Å². The van der Waals surface area contributed by atoms with Gasteiger partial charge in [0.2, 0.25) is 0 Å². The number of hydrogen-bond donors (Lipinski definition) is 2. The van der Waals surface area contributed by atoms with Gasteiger partial charge in [-0.25, -0.2) is 0 Å². The molecule has 20 heavy (non-hydrogen) atoms. The van der Waals surface area contributed by atoms with Gasteiger partial charge in [-0.05, 0) is 25.5 Å². The summed E-state index contributed by atoms with van der Waals surface area (Å²) in [6, 6.07) is 7.81. The molecule has 0 radical (unpaired) electrons. The van der Waals surface area contributed by atoms with Crippen LogP contribution in [0.5, 0.6) is 5.75 Å². The van der Waals surface area contributed by atoms with E-state index >= 15 is 0 Å². The summed E-state index contributed by atoms with van der Waals surface area (Å²) in [5.41, 5.74) is 1.07. The Morgan fingerprint density at radius 3 is 2.60 bits per heavy atom. The number of para-hydroxylation sites is 1. The summed E-state index contributed by atoms with van der Waals surface area (Å²) in [5, 5.41) is 6.15. The maximum atomic E-state index is 11.9. The van der Waals surface area contributed by atoms with E-state index in [9.17, 15) is 4.79 Å². The summed E-state index contributed by atoms with van der Waals surface area (Å²) in [7, 11) is 0. The van der Waals surface area contributed by atoms with Gasteiger partial charge in [-0.3, -0.25) is 4.79 Å². The van der Waals surface area contributed by atoms with Crippen molar-refractivity contribution in [1.29, 1.82) is 0 Å². The Morgan fingerprint density at radius 1 is 1.25 bits per heavy atom. The maximum Gasteiger partial charge on any atom is 0.260 e. The van der Waals surface area contributed by atoms with Crippen molar-refractivity contribution in [3.63, 3.8) is 0 Å². The lowest BCUT2D eigenvalue weighted by molar-refractivity contribution is -0.127. The first kappa shape index (κ1) is 16.5. The molecule has 1 aromatic carbocycles. The van der Waals surface area contributed by atoms with Crippen LogP contribution in [0.3, 0.4) is 0 Å². The van der Waals surface area contributed by atoms with Crippen molar-refractivity contribution in [1.82, 2.24) is 10.6 Å². The number of amides is 1. The molecule has 0 saturated heterocycles. The summed E-state index contributed by atoms with van der Waals surface area (Å²) in [5.74, 6) is 1.13. The topological polar surface area (TPSA) is 50.4 Å². The molecule has 112 valence electrons. The highest BCUT2D eigenvalue weighted by Crippen LogP contribution is 2.19. The molecule has 0 bridgehead atoms. The molecule has 0 spiro atoms. The molecule has 0 aliphatic rings. The van der Waals surface area contributed by atoms with Crippen LogP contribution in [0, 0.1) is 5.92 Å². The summed E-state index contributed by atoms with van der Waals surface area (Å²) in [6.45, 7) is 10.3. The molecule has 4 heteroatoms. The second-order valence-electron chi connectivity index (χ2n) is 5.29. The van der Waals surface area contributed by atoms with E-state index in [2.05, 4.69) is 31.4 Å². The highest BCUT2D eigenvalue weighted by molar-refractivity contribution is 5.80. The zero-order chi connectivity index (χ0) is 15.0. The fraction of sp³-hybridized carbons (Fsp3) is 0.562. The molecule has 1 aromatic rings. The van der Waals surface area contributed by atoms with E-state index in [0.717, 1.165) is 24.4 Å². The normalized spacial score (nSPS) is 12.2. The molecule has 1 unspecified atom stereocenters. The van der Waals surface area contributed by atoms with E-state index in [1.807, 2.05) is 24.3 Å². The first-order valence-electron chi connectivity index (χ1n) is 7.27. The van der Waals surface area contributed by atoms with Crippen LogP contribution in [0.25, 0.3) is 0 Å². The Hall–Kier alpha value is -1.55. The minimum atomic E-state index is -0.489. The number of nitrogens with one attached hydrogen (secondary N) is 2. The minimum absolute atomic E-state index is 0.0723. The zero-order valence-electron chi connectivity index (χ0n) is 12.9. The van der Waals surface area contributed by atoms with Crippen molar-refractivity contribution in [3.05, 3.63) is 29.8 Å². The van der Waals surface area contributed by atoms with Crippen molar-refractivity contribution in [2.75, 3.05) is 13.1 Å². The number of hydrogen-bond acceptors (Lipinski definition) is 3. The maximum absolute atomic E-state index is 11.9. The Morgan fingerprint density at radius 2 is 1.95 bits per heavy atom. The zero-order valence-corrected chi connectivity index (χ0v) is 12.9. The quantitative estimate of drug-likeness (QED) is 0.767. The number of ether oxygens (including phenoxy) is 1. The van der Waals surface area contributed by atoms with E-state index in [1.54, 1.807) is 6.92 Å². The van der Waals surface area contributed by atoms with E-state index in [-0.39, 0.29) is 5.91 Å². The standard InChI is InChI=1S/C16H26N2O2/c1-5-17-11-14-8-6-7-9-15(14)20-13(4)16(19)18-10-12(2)3/h6-9,12-13,17H,5,10-11H2,1-4H3,(H,18,19). The predicted octanol–water partition coefficient (Wildman–Crippen LogP) is 2.34. The lowest BCUT2D eigenvalue weighted by atomic mass is 10.2. The van der Waals surface area contributed by atoms with Gasteiger partial charge in [0.1, 0.15) is 5.75 Å². The van der Waals surface area contributed by atoms with Crippen LogP contribution in [0.1, 0.15) is 33.3 Å². The first-order chi connectivity index (χ1) is 9.54. The van der Waals surface area contributed by atoms with E-state index in [1.165, 1.54) is 0 Å². The molecule has 0 aromatic heterocycles. The lowest BCUT2D eigenvalue weighted by Gasteiger charge is -2.18. The van der Waals surface area contributed by atoms with Crippen LogP contribution >= 0.6 is 0 Å². The molecule has 0 fully saturated rings. The largest absolute Gasteiger partial charge is 0.481 e. The summed E-state index contributed by atoms with van der Waals surface area (Å²) >= 11 is 0. The summed E-state index contributed by atoms with van der Waals surface area (Å²) < 4.78 is 5.78. The van der Waals surface area contributed by atoms with Gasteiger partial charge in [0.25, 0.3) is 5.91 Å². The smallest absolute Gasteiger partial charge is 0.260 e. The Kier molecular flexibility index (Phi) is 7.09. The molecule has 0 saturated carbocycles. The fourth-order valence-electron chi connectivity index (χ4n) is 1.72. The molecular weight excluding hydrogens is 252 g/mol. The van der Waals surface area contributed by atoms with Crippen LogP contribution < -0.4 is 15.4 Å². The molecular formula is C16H26N2O2. The van der Waals surface area contributed by atoms with Crippen molar-refractivity contribution < 1.29 is 9.53 Å². The van der Waals surface area contributed by atoms with Gasteiger partial charge in [-0.15, -0.1) is 0 Å². The molecule has 1 amide bonds. The molecule has 4 nitrogen and oxygen atoms in total. The SMILES string of the molecule is CCNCc1ccccc1OC(C)C(=O)NCC(C)C. The average Bonchev–Trinajstić information content (AvgIpc) is 2.43. The van der Waals surface area contributed by atoms with Crippen molar-refractivity contribution in [2.45, 2.75) is 40.3 Å². The van der Waals surface area contributed by atoms with Gasteiger partial charge in [0, 0.05) is 18.7 Å². The monoisotopic (exact) mass is 278 g/mol. The van der Waals surface area contributed by atoms with Gasteiger partial charge in [0.15, 0.2) is 6.10 Å². The Labute approximate surface area is 121 Å². The Balaban J connectivity index is 2.60. The van der Waals surface area contributed by atoms with Gasteiger partial charge in [-0.2, -0.15) is 0 Å². The number of benzene rings is 1. The molecule has 1 atom stereocenters. The first-order valence-corrected chi connectivity index (χ1v) is 7.27. The van der Waals surface area contributed by atoms with Gasteiger partial charge < -0.3 is 15.4 Å². The highest BCUT2D eigenvalue weighted by atomic mass is 16.5. The number of carbonyl (C=O) groups excluding carboxylic acids is 1. The van der Waals surface area contributed by atoms with E-state index in [4.69, 9.17) is 4.74 Å². The van der Waals surface area contributed by atoms with Crippen LogP contribution in [0.15, 0.2) is 24.3 Å². The van der Waals surface area contributed by atoms with Crippen molar-refractivity contribution in [2.24, 2.45) is 5.92 Å². The summed E-state index contributed by atoms with van der Waals surface area (Å²) in [4.78, 5) is 11.9. The van der Waals surface area contributed by atoms with E-state index < -0.39 is 6.10 Å². The van der Waals surface area contributed by atoms with Gasteiger partial charge in [0.05, 0.1) is 0 Å². The van der Waals surface area contributed by atoms with Crippen LogP contribution in [-0.2, 0) is 11.3 Å². The second kappa shape index (κ2) is 8.59. The third kappa shape index (κ3) is 5.61. The van der Waals surface area contributed by atoms with E-state index in [0.29, 0.717) is 12.5 Å². The number of rotatable bonds is 8. The Bertz CT molecular complexity index is 419. The highest BCUT2D eigenvalue weighted by Gasteiger charge is 2.15. The van der Waals surface area contributed by atoms with Crippen LogP contribution in [-0.4, -0.2) is 25.1 Å². The molecule has 0 aliphatic carbocycles. The molecule has 2 N–H and O–H groups in total. The molecule has 1 rings (SSSR count). The van der Waals surface area contributed by atoms with Crippen molar-refractivity contribution in [3.8, 4) is 5.75 Å². The molecule has 0 aliphatic heterocycles. The van der Waals surface area contributed by atoms with Crippen LogP contribution in [0.4, 0.5) is 0 Å².